The summed E-state index contributed by atoms with van der Waals surface area (Å²) in [6, 6.07) is 0. The van der Waals surface area contributed by atoms with E-state index in [1.54, 1.807) is 6.92 Å². The van der Waals surface area contributed by atoms with Crippen LogP contribution in [-0.2, 0) is 33.3 Å². The van der Waals surface area contributed by atoms with Crippen LogP contribution in [0.4, 0.5) is 0 Å². The summed E-state index contributed by atoms with van der Waals surface area (Å²) in [5, 5.41) is 0. The van der Waals surface area contributed by atoms with Crippen LogP contribution in [0.3, 0.4) is 0 Å². The van der Waals surface area contributed by atoms with Gasteiger partial charge in [0, 0.05) is 11.6 Å². The molecule has 0 aliphatic carbocycles. The number of hydrogen-bond donors (Lipinski definition) is 0. The van der Waals surface area contributed by atoms with Crippen molar-refractivity contribution in [2.75, 3.05) is 0 Å². The number of allylic oxidation sites excluding steroid dienone is 1. The minimum Gasteiger partial charge on any atom is -0.430 e. The number of hydrogen-bond acceptors (Lipinski definition) is 7. The van der Waals surface area contributed by atoms with Crippen LogP contribution in [0, 0.1) is 0 Å². The Bertz CT molecular complexity index is 507. The lowest BCUT2D eigenvalue weighted by Gasteiger charge is -2.17. The molecule has 1 fully saturated rings. The molecule has 0 aromatic heterocycles. The average molecular weight is 296 g/mol. The predicted molar refractivity (Wildman–Crippen MR) is 70.9 cm³/mol. The van der Waals surface area contributed by atoms with Gasteiger partial charge in [0.05, 0.1) is 12.5 Å². The molecule has 21 heavy (non-hydrogen) atoms. The zero-order chi connectivity index (χ0) is 16.1. The SMILES string of the molecule is C=COC1(OC=CC)OC1(OC(=O)C=C)OC(=O)C(=C)C. The second-order valence-electron chi connectivity index (χ2n) is 3.88. The second kappa shape index (κ2) is 6.27. The largest absolute Gasteiger partial charge is 0.497 e. The number of ether oxygens (including phenoxy) is 5. The number of carbonyl (C=O) groups is 2. The smallest absolute Gasteiger partial charge is 0.430 e. The topological polar surface area (TPSA) is 83.6 Å². The van der Waals surface area contributed by atoms with E-state index in [0.29, 0.717) is 0 Å². The van der Waals surface area contributed by atoms with Crippen LogP contribution in [0.25, 0.3) is 0 Å². The Labute approximate surface area is 122 Å². The van der Waals surface area contributed by atoms with Gasteiger partial charge in [-0.05, 0) is 13.8 Å². The van der Waals surface area contributed by atoms with E-state index in [9.17, 15) is 9.59 Å². The summed E-state index contributed by atoms with van der Waals surface area (Å²) in [7, 11) is 0. The van der Waals surface area contributed by atoms with E-state index < -0.39 is 23.9 Å². The predicted octanol–water partition coefficient (Wildman–Crippen LogP) is 1.88. The maximum atomic E-state index is 11.7. The van der Waals surface area contributed by atoms with E-state index in [0.717, 1.165) is 12.3 Å². The van der Waals surface area contributed by atoms with Crippen LogP contribution < -0.4 is 0 Å². The molecule has 0 saturated carbocycles. The van der Waals surface area contributed by atoms with Crippen molar-refractivity contribution in [2.24, 2.45) is 0 Å². The lowest BCUT2D eigenvalue weighted by Crippen LogP contribution is -2.37. The highest BCUT2D eigenvalue weighted by molar-refractivity contribution is 5.87. The first-order valence-corrected chi connectivity index (χ1v) is 5.88. The molecular formula is C14H16O7. The molecule has 0 spiro atoms. The van der Waals surface area contributed by atoms with Crippen LogP contribution in [0.15, 0.2) is 50.0 Å². The summed E-state index contributed by atoms with van der Waals surface area (Å²) < 4.78 is 25.1. The summed E-state index contributed by atoms with van der Waals surface area (Å²) in [5.41, 5.74) is 0.0677. The Morgan fingerprint density at radius 3 is 2.29 bits per heavy atom. The highest BCUT2D eigenvalue weighted by Crippen LogP contribution is 2.52. The first-order chi connectivity index (χ1) is 9.86. The summed E-state index contributed by atoms with van der Waals surface area (Å²) in [6.07, 6.45) is 4.59. The van der Waals surface area contributed by atoms with Gasteiger partial charge in [0.1, 0.15) is 0 Å². The molecule has 2 unspecified atom stereocenters. The molecule has 7 heteroatoms. The standard InChI is InChI=1S/C14H16O7/c1-6-9-18-13(17-8-3)14(21-13,19-11(15)7-2)20-12(16)10(4)5/h6-9H,2-4H2,1,5H3. The third kappa shape index (κ3) is 3.32. The number of rotatable bonds is 8. The van der Waals surface area contributed by atoms with Crippen molar-refractivity contribution in [1.82, 2.24) is 0 Å². The fraction of sp³-hybridized carbons (Fsp3) is 0.286. The zero-order valence-corrected chi connectivity index (χ0v) is 11.8. The molecule has 2 atom stereocenters. The monoisotopic (exact) mass is 296 g/mol. The molecule has 114 valence electrons. The van der Waals surface area contributed by atoms with Crippen LogP contribution in [0.2, 0.25) is 0 Å². The van der Waals surface area contributed by atoms with Gasteiger partial charge in [0.25, 0.3) is 0 Å². The Morgan fingerprint density at radius 2 is 1.81 bits per heavy atom. The van der Waals surface area contributed by atoms with Crippen LogP contribution >= 0.6 is 0 Å². The lowest BCUT2D eigenvalue weighted by atomic mass is 10.4. The molecule has 0 aromatic carbocycles. The van der Waals surface area contributed by atoms with Gasteiger partial charge in [-0.1, -0.05) is 25.8 Å². The number of esters is 2. The fourth-order valence-corrected chi connectivity index (χ4v) is 1.21. The van der Waals surface area contributed by atoms with E-state index in [4.69, 9.17) is 23.7 Å². The van der Waals surface area contributed by atoms with Gasteiger partial charge in [-0.25, -0.2) is 14.3 Å². The Morgan fingerprint density at radius 1 is 1.14 bits per heavy atom. The van der Waals surface area contributed by atoms with Crippen LogP contribution in [-0.4, -0.2) is 23.9 Å². The van der Waals surface area contributed by atoms with Crippen molar-refractivity contribution >= 4 is 11.9 Å². The quantitative estimate of drug-likeness (QED) is 0.222. The highest BCUT2D eigenvalue weighted by Gasteiger charge is 2.86. The molecule has 1 aliphatic rings. The first kappa shape index (κ1) is 16.5. The summed E-state index contributed by atoms with van der Waals surface area (Å²) in [5.74, 6) is -5.93. The molecule has 0 bridgehead atoms. The summed E-state index contributed by atoms with van der Waals surface area (Å²) in [6.45, 7) is 13.1. The Hall–Kier alpha value is -2.54. The van der Waals surface area contributed by atoms with Crippen molar-refractivity contribution in [3.8, 4) is 0 Å². The van der Waals surface area contributed by atoms with Crippen molar-refractivity contribution in [1.29, 1.82) is 0 Å². The third-order valence-corrected chi connectivity index (χ3v) is 2.18. The Kier molecular flexibility index (Phi) is 4.93. The van der Waals surface area contributed by atoms with Gasteiger partial charge >= 0.3 is 23.9 Å². The normalized spacial score (nSPS) is 26.6. The van der Waals surface area contributed by atoms with Crippen molar-refractivity contribution in [2.45, 2.75) is 25.8 Å². The van der Waals surface area contributed by atoms with Crippen molar-refractivity contribution < 1.29 is 33.3 Å². The molecule has 1 saturated heterocycles. The van der Waals surface area contributed by atoms with Crippen molar-refractivity contribution in [3.63, 3.8) is 0 Å². The minimum atomic E-state index is -2.21. The molecule has 7 nitrogen and oxygen atoms in total. The van der Waals surface area contributed by atoms with E-state index >= 15 is 0 Å². The molecule has 0 aromatic rings. The third-order valence-electron chi connectivity index (χ3n) is 2.18. The van der Waals surface area contributed by atoms with Crippen LogP contribution in [0.5, 0.6) is 0 Å². The van der Waals surface area contributed by atoms with Gasteiger partial charge in [-0.3, -0.25) is 0 Å². The molecule has 1 rings (SSSR count). The van der Waals surface area contributed by atoms with Crippen molar-refractivity contribution in [3.05, 3.63) is 50.0 Å². The minimum absolute atomic E-state index is 0.0677. The molecular weight excluding hydrogens is 280 g/mol. The fourth-order valence-electron chi connectivity index (χ4n) is 1.21. The van der Waals surface area contributed by atoms with Crippen LogP contribution in [0.1, 0.15) is 13.8 Å². The van der Waals surface area contributed by atoms with Gasteiger partial charge in [0.15, 0.2) is 0 Å². The molecule has 0 amide bonds. The summed E-state index contributed by atoms with van der Waals surface area (Å²) >= 11 is 0. The molecule has 1 heterocycles. The van der Waals surface area contributed by atoms with Gasteiger partial charge in [0.2, 0.25) is 0 Å². The number of epoxide rings is 1. The number of carbonyl (C=O) groups excluding carboxylic acids is 2. The second-order valence-corrected chi connectivity index (χ2v) is 3.88. The maximum absolute atomic E-state index is 11.7. The molecule has 0 N–H and O–H groups in total. The van der Waals surface area contributed by atoms with E-state index in [-0.39, 0.29) is 5.57 Å². The highest BCUT2D eigenvalue weighted by atomic mass is 17.1. The maximum Gasteiger partial charge on any atom is 0.497 e. The van der Waals surface area contributed by atoms with Gasteiger partial charge in [-0.2, -0.15) is 0 Å². The summed E-state index contributed by atoms with van der Waals surface area (Å²) in [4.78, 5) is 23.1. The van der Waals surface area contributed by atoms with E-state index in [1.165, 1.54) is 19.3 Å². The lowest BCUT2D eigenvalue weighted by molar-refractivity contribution is -0.242. The zero-order valence-electron chi connectivity index (χ0n) is 11.8. The van der Waals surface area contributed by atoms with Gasteiger partial charge < -0.3 is 18.9 Å². The average Bonchev–Trinajstić information content (AvgIpc) is 3.03. The van der Waals surface area contributed by atoms with Gasteiger partial charge in [-0.15, -0.1) is 0 Å². The Balaban J connectivity index is 3.06. The molecule has 0 radical (unpaired) electrons. The first-order valence-electron chi connectivity index (χ1n) is 5.88. The molecule has 1 aliphatic heterocycles. The van der Waals surface area contributed by atoms with E-state index in [1.807, 2.05) is 0 Å². The van der Waals surface area contributed by atoms with E-state index in [2.05, 4.69) is 19.7 Å².